The number of fused-ring (bicyclic) bond motifs is 1. The van der Waals surface area contributed by atoms with Gasteiger partial charge in [-0.3, -0.25) is 4.79 Å². The Balaban J connectivity index is 1.60. The molecule has 6 heteroatoms. The maximum Gasteiger partial charge on any atom is 0.274 e. The van der Waals surface area contributed by atoms with Crippen LogP contribution in [0.4, 0.5) is 5.95 Å². The molecule has 1 N–H and O–H groups in total. The Morgan fingerprint density at radius 3 is 2.81 bits per heavy atom. The lowest BCUT2D eigenvalue weighted by molar-refractivity contribution is 0.0672. The first-order chi connectivity index (χ1) is 10.1. The minimum Gasteiger partial charge on any atom is -0.356 e. The van der Waals surface area contributed by atoms with Gasteiger partial charge >= 0.3 is 0 Å². The summed E-state index contributed by atoms with van der Waals surface area (Å²) in [6.45, 7) is 4.72. The van der Waals surface area contributed by atoms with Gasteiger partial charge in [-0.2, -0.15) is 0 Å². The fourth-order valence-electron chi connectivity index (χ4n) is 3.28. The molecule has 0 aromatic carbocycles. The summed E-state index contributed by atoms with van der Waals surface area (Å²) >= 11 is 0. The smallest absolute Gasteiger partial charge is 0.274 e. The van der Waals surface area contributed by atoms with E-state index < -0.39 is 0 Å². The monoisotopic (exact) mass is 291 g/mol. The number of carbonyl (C=O) groups excluding carboxylic acids is 1. The number of amides is 1. The SMILES string of the molecule is CN(C)CC1CCN(C(=O)c2cn3c(n2)NCCC3)CC1. The first-order valence-corrected chi connectivity index (χ1v) is 7.88. The molecule has 0 radical (unpaired) electrons. The summed E-state index contributed by atoms with van der Waals surface area (Å²) in [5.74, 6) is 1.63. The second kappa shape index (κ2) is 6.05. The van der Waals surface area contributed by atoms with Crippen molar-refractivity contribution in [3.8, 4) is 0 Å². The number of piperidine rings is 1. The number of rotatable bonds is 3. The van der Waals surface area contributed by atoms with Crippen molar-refractivity contribution in [3.63, 3.8) is 0 Å². The normalized spacial score (nSPS) is 19.5. The Labute approximate surface area is 126 Å². The Morgan fingerprint density at radius 2 is 2.14 bits per heavy atom. The van der Waals surface area contributed by atoms with E-state index >= 15 is 0 Å². The van der Waals surface area contributed by atoms with E-state index in [9.17, 15) is 4.79 Å². The summed E-state index contributed by atoms with van der Waals surface area (Å²) < 4.78 is 2.05. The lowest BCUT2D eigenvalue weighted by Crippen LogP contribution is -2.40. The highest BCUT2D eigenvalue weighted by atomic mass is 16.2. The molecule has 1 aromatic rings. The minimum absolute atomic E-state index is 0.0852. The van der Waals surface area contributed by atoms with E-state index in [1.165, 1.54) is 0 Å². The maximum absolute atomic E-state index is 12.6. The van der Waals surface area contributed by atoms with Crippen LogP contribution in [-0.4, -0.2) is 65.5 Å². The van der Waals surface area contributed by atoms with E-state index in [1.54, 1.807) is 0 Å². The van der Waals surface area contributed by atoms with Crippen LogP contribution in [-0.2, 0) is 6.54 Å². The molecule has 3 rings (SSSR count). The topological polar surface area (TPSA) is 53.4 Å². The molecule has 0 bridgehead atoms. The first kappa shape index (κ1) is 14.4. The van der Waals surface area contributed by atoms with Gasteiger partial charge in [-0.15, -0.1) is 0 Å². The molecule has 0 atom stereocenters. The molecule has 21 heavy (non-hydrogen) atoms. The molecular formula is C15H25N5O. The lowest BCUT2D eigenvalue weighted by atomic mass is 9.96. The van der Waals surface area contributed by atoms with E-state index in [4.69, 9.17) is 0 Å². The van der Waals surface area contributed by atoms with Crippen LogP contribution in [0.15, 0.2) is 6.20 Å². The predicted molar refractivity (Wildman–Crippen MR) is 82.5 cm³/mol. The minimum atomic E-state index is 0.0852. The number of anilines is 1. The number of aryl methyl sites for hydroxylation is 1. The molecule has 2 aliphatic rings. The molecular weight excluding hydrogens is 266 g/mol. The van der Waals surface area contributed by atoms with Crippen molar-refractivity contribution in [3.05, 3.63) is 11.9 Å². The fourth-order valence-corrected chi connectivity index (χ4v) is 3.28. The fraction of sp³-hybridized carbons (Fsp3) is 0.733. The second-order valence-electron chi connectivity index (χ2n) is 6.42. The number of aromatic nitrogens is 2. The van der Waals surface area contributed by atoms with Crippen LogP contribution in [0, 0.1) is 5.92 Å². The van der Waals surface area contributed by atoms with Gasteiger partial charge in [-0.1, -0.05) is 0 Å². The zero-order valence-electron chi connectivity index (χ0n) is 13.0. The third-order valence-electron chi connectivity index (χ3n) is 4.38. The number of hydrogen-bond acceptors (Lipinski definition) is 4. The van der Waals surface area contributed by atoms with E-state index in [1.807, 2.05) is 11.1 Å². The van der Waals surface area contributed by atoms with Gasteiger partial charge in [-0.05, 0) is 39.3 Å². The van der Waals surface area contributed by atoms with Crippen LogP contribution in [0.2, 0.25) is 0 Å². The van der Waals surface area contributed by atoms with Crippen molar-refractivity contribution < 1.29 is 4.79 Å². The zero-order valence-corrected chi connectivity index (χ0v) is 13.0. The summed E-state index contributed by atoms with van der Waals surface area (Å²) in [5.41, 5.74) is 0.588. The molecule has 0 unspecified atom stereocenters. The molecule has 0 aliphatic carbocycles. The van der Waals surface area contributed by atoms with Gasteiger partial charge in [0, 0.05) is 38.9 Å². The third kappa shape index (κ3) is 3.20. The summed E-state index contributed by atoms with van der Waals surface area (Å²) in [6, 6.07) is 0. The van der Waals surface area contributed by atoms with Crippen LogP contribution >= 0.6 is 0 Å². The first-order valence-electron chi connectivity index (χ1n) is 7.88. The number of carbonyl (C=O) groups is 1. The summed E-state index contributed by atoms with van der Waals surface area (Å²) in [5, 5.41) is 3.25. The largest absolute Gasteiger partial charge is 0.356 e. The van der Waals surface area contributed by atoms with Crippen molar-refractivity contribution in [1.82, 2.24) is 19.4 Å². The quantitative estimate of drug-likeness (QED) is 0.906. The van der Waals surface area contributed by atoms with Crippen LogP contribution in [0.5, 0.6) is 0 Å². The number of likely N-dealkylation sites (tertiary alicyclic amines) is 1. The highest BCUT2D eigenvalue weighted by Gasteiger charge is 2.26. The second-order valence-corrected chi connectivity index (χ2v) is 6.42. The average Bonchev–Trinajstić information content (AvgIpc) is 2.90. The van der Waals surface area contributed by atoms with E-state index in [2.05, 4.69) is 33.9 Å². The third-order valence-corrected chi connectivity index (χ3v) is 4.38. The van der Waals surface area contributed by atoms with E-state index in [-0.39, 0.29) is 5.91 Å². The molecule has 116 valence electrons. The Morgan fingerprint density at radius 1 is 1.38 bits per heavy atom. The Bertz CT molecular complexity index is 479. The van der Waals surface area contributed by atoms with Crippen molar-refractivity contribution in [1.29, 1.82) is 0 Å². The van der Waals surface area contributed by atoms with Gasteiger partial charge in [0.15, 0.2) is 0 Å². The van der Waals surface area contributed by atoms with E-state index in [0.717, 1.165) is 57.9 Å². The molecule has 1 amide bonds. The molecule has 2 aliphatic heterocycles. The van der Waals surface area contributed by atoms with Crippen LogP contribution < -0.4 is 5.32 Å². The summed E-state index contributed by atoms with van der Waals surface area (Å²) in [6.07, 6.45) is 5.17. The summed E-state index contributed by atoms with van der Waals surface area (Å²) in [4.78, 5) is 21.2. The van der Waals surface area contributed by atoms with Crippen molar-refractivity contribution >= 4 is 11.9 Å². The maximum atomic E-state index is 12.6. The number of nitrogens with one attached hydrogen (secondary N) is 1. The van der Waals surface area contributed by atoms with Crippen LogP contribution in [0.25, 0.3) is 0 Å². The van der Waals surface area contributed by atoms with E-state index in [0.29, 0.717) is 11.6 Å². The standard InChI is InChI=1S/C15H25N5O/c1-18(2)10-12-4-8-19(9-5-12)14(21)13-11-20-7-3-6-16-15(20)17-13/h11-12H,3-10H2,1-2H3,(H,16,17). The molecule has 0 spiro atoms. The highest BCUT2D eigenvalue weighted by molar-refractivity contribution is 5.92. The average molecular weight is 291 g/mol. The molecule has 1 saturated heterocycles. The Hall–Kier alpha value is -1.56. The van der Waals surface area contributed by atoms with Gasteiger partial charge in [-0.25, -0.2) is 4.98 Å². The number of nitrogens with zero attached hydrogens (tertiary/aromatic N) is 4. The van der Waals surface area contributed by atoms with Gasteiger partial charge in [0.25, 0.3) is 5.91 Å². The van der Waals surface area contributed by atoms with Crippen molar-refractivity contribution in [2.24, 2.45) is 5.92 Å². The highest BCUT2D eigenvalue weighted by Crippen LogP contribution is 2.21. The van der Waals surface area contributed by atoms with Crippen molar-refractivity contribution in [2.75, 3.05) is 45.6 Å². The Kier molecular flexibility index (Phi) is 4.14. The summed E-state index contributed by atoms with van der Waals surface area (Å²) in [7, 11) is 4.22. The molecule has 0 saturated carbocycles. The molecule has 6 nitrogen and oxygen atoms in total. The van der Waals surface area contributed by atoms with Gasteiger partial charge < -0.3 is 19.7 Å². The van der Waals surface area contributed by atoms with Crippen LogP contribution in [0.3, 0.4) is 0 Å². The van der Waals surface area contributed by atoms with Gasteiger partial charge in [0.2, 0.25) is 5.95 Å². The molecule has 1 aromatic heterocycles. The molecule has 3 heterocycles. The lowest BCUT2D eigenvalue weighted by Gasteiger charge is -2.32. The zero-order chi connectivity index (χ0) is 14.8. The number of imidazole rings is 1. The van der Waals surface area contributed by atoms with Crippen LogP contribution in [0.1, 0.15) is 29.8 Å². The van der Waals surface area contributed by atoms with Gasteiger partial charge in [0.05, 0.1) is 0 Å². The predicted octanol–water partition coefficient (Wildman–Crippen LogP) is 1.11. The number of hydrogen-bond donors (Lipinski definition) is 1. The molecule has 1 fully saturated rings. The van der Waals surface area contributed by atoms with Gasteiger partial charge in [0.1, 0.15) is 5.69 Å². The van der Waals surface area contributed by atoms with Crippen molar-refractivity contribution in [2.45, 2.75) is 25.8 Å².